The molecule has 3 aromatic rings. The van der Waals surface area contributed by atoms with Gasteiger partial charge in [-0.1, -0.05) is 11.6 Å². The van der Waals surface area contributed by atoms with Crippen LogP contribution < -0.4 is 15.8 Å². The number of allylic oxidation sites excluding steroid dienone is 2. The first-order valence-electron chi connectivity index (χ1n) is 12.1. The molecule has 40 heavy (non-hydrogen) atoms. The molecular formula is C28H27ClN6O5. The van der Waals surface area contributed by atoms with Gasteiger partial charge in [0.15, 0.2) is 17.3 Å². The number of carbonyl (C=O) groups is 1. The molecule has 1 aliphatic carbocycles. The molecule has 0 aromatic carbocycles. The van der Waals surface area contributed by atoms with Gasteiger partial charge in [-0.05, 0) is 37.3 Å². The van der Waals surface area contributed by atoms with Crippen molar-refractivity contribution < 1.29 is 23.7 Å². The first-order valence-corrected chi connectivity index (χ1v) is 12.5. The fourth-order valence-corrected chi connectivity index (χ4v) is 3.80. The van der Waals surface area contributed by atoms with Crippen LogP contribution in [-0.2, 0) is 25.4 Å². The molecule has 0 bridgehead atoms. The van der Waals surface area contributed by atoms with Crippen LogP contribution in [-0.4, -0.2) is 47.9 Å². The van der Waals surface area contributed by atoms with E-state index >= 15 is 0 Å². The van der Waals surface area contributed by atoms with Crippen molar-refractivity contribution in [2.75, 3.05) is 26.1 Å². The smallest absolute Gasteiger partial charge is 0.276 e. The number of methoxy groups -OCH3 is 2. The number of pyridine rings is 3. The minimum absolute atomic E-state index is 0.0857. The number of nitrogens with two attached hydrogens (primary N) is 1. The largest absolute Gasteiger partial charge is 0.493 e. The van der Waals surface area contributed by atoms with E-state index in [1.165, 1.54) is 18.6 Å². The number of nitrogens with zero attached hydrogens (tertiary/aromatic N) is 4. The normalized spacial score (nSPS) is 13.3. The molecule has 12 heteroatoms. The van der Waals surface area contributed by atoms with E-state index in [4.69, 9.17) is 36.3 Å². The van der Waals surface area contributed by atoms with Gasteiger partial charge in [0.2, 0.25) is 0 Å². The van der Waals surface area contributed by atoms with Crippen molar-refractivity contribution in [3.05, 3.63) is 94.4 Å². The van der Waals surface area contributed by atoms with Crippen LogP contribution in [0.25, 0.3) is 6.08 Å². The molecule has 0 aliphatic heterocycles. The Bertz CT molecular complexity index is 1500. The molecule has 0 atom stereocenters. The van der Waals surface area contributed by atoms with Gasteiger partial charge in [0, 0.05) is 36.7 Å². The van der Waals surface area contributed by atoms with Crippen LogP contribution in [0.1, 0.15) is 18.2 Å². The van der Waals surface area contributed by atoms with Crippen molar-refractivity contribution in [3.63, 3.8) is 0 Å². The molecule has 3 aromatic heterocycles. The first-order chi connectivity index (χ1) is 19.4. The fourth-order valence-electron chi connectivity index (χ4n) is 3.63. The van der Waals surface area contributed by atoms with Crippen molar-refractivity contribution in [3.8, 4) is 11.5 Å². The zero-order valence-electron chi connectivity index (χ0n) is 22.1. The highest BCUT2D eigenvalue weighted by molar-refractivity contribution is 6.32. The summed E-state index contributed by atoms with van der Waals surface area (Å²) in [7, 11) is 3.15. The van der Waals surface area contributed by atoms with Gasteiger partial charge in [0.05, 0.1) is 49.6 Å². The lowest BCUT2D eigenvalue weighted by Gasteiger charge is -2.12. The van der Waals surface area contributed by atoms with Crippen LogP contribution in [0.15, 0.2) is 83.1 Å². The van der Waals surface area contributed by atoms with Crippen LogP contribution in [0, 0.1) is 0 Å². The Morgan fingerprint density at radius 2 is 1.95 bits per heavy atom. The van der Waals surface area contributed by atoms with Crippen molar-refractivity contribution in [2.24, 2.45) is 10.7 Å². The molecule has 11 nitrogen and oxygen atoms in total. The third-order valence-corrected chi connectivity index (χ3v) is 5.87. The lowest BCUT2D eigenvalue weighted by Crippen LogP contribution is -2.23. The molecule has 0 fully saturated rings. The lowest BCUT2D eigenvalue weighted by molar-refractivity contribution is -0.113. The van der Waals surface area contributed by atoms with Crippen LogP contribution in [0.3, 0.4) is 0 Å². The molecule has 3 N–H and O–H groups in total. The third kappa shape index (κ3) is 6.75. The summed E-state index contributed by atoms with van der Waals surface area (Å²) in [4.78, 5) is 29.7. The van der Waals surface area contributed by atoms with Crippen molar-refractivity contribution >= 4 is 41.3 Å². The minimum Gasteiger partial charge on any atom is -0.493 e. The minimum atomic E-state index is -0.613. The predicted octanol–water partition coefficient (Wildman–Crippen LogP) is 4.94. The highest BCUT2D eigenvalue weighted by Crippen LogP contribution is 2.32. The van der Waals surface area contributed by atoms with Gasteiger partial charge in [-0.3, -0.25) is 19.8 Å². The highest BCUT2D eigenvalue weighted by atomic mass is 35.5. The molecule has 1 aliphatic rings. The quantitative estimate of drug-likeness (QED) is 0.199. The second-order valence-electron chi connectivity index (χ2n) is 8.09. The lowest BCUT2D eigenvalue weighted by atomic mass is 10.1. The van der Waals surface area contributed by atoms with Crippen LogP contribution in [0.4, 0.5) is 11.5 Å². The number of hydrogen-bond acceptors (Lipinski definition) is 10. The number of aliphatic imine (C=N–C) groups is 1. The number of rotatable bonds is 10. The summed E-state index contributed by atoms with van der Waals surface area (Å²) in [6.07, 6.45) is 11.7. The fraction of sp³-hybridized carbons (Fsp3) is 0.179. The summed E-state index contributed by atoms with van der Waals surface area (Å²) in [5.41, 5.74) is 7.91. The molecule has 0 saturated carbocycles. The van der Waals surface area contributed by atoms with Crippen LogP contribution in [0.2, 0.25) is 5.02 Å². The second-order valence-corrected chi connectivity index (χ2v) is 8.50. The first kappa shape index (κ1) is 28.1. The monoisotopic (exact) mass is 562 g/mol. The van der Waals surface area contributed by atoms with E-state index in [2.05, 4.69) is 25.3 Å². The maximum atomic E-state index is 12.8. The van der Waals surface area contributed by atoms with Gasteiger partial charge in [0.25, 0.3) is 5.91 Å². The van der Waals surface area contributed by atoms with Gasteiger partial charge in [-0.15, -0.1) is 0 Å². The van der Waals surface area contributed by atoms with Crippen molar-refractivity contribution in [1.82, 2.24) is 15.0 Å². The zero-order chi connectivity index (χ0) is 28.5. The molecule has 0 spiro atoms. The highest BCUT2D eigenvalue weighted by Gasteiger charge is 2.18. The number of carbonyl (C=O) groups excluding carboxylic acids is 1. The molecule has 1 amide bonds. The van der Waals surface area contributed by atoms with Gasteiger partial charge < -0.3 is 30.0 Å². The SMILES string of the molecule is CCOC(C=Nc1ccncc1Cl)=C(N)C(=O)Nc1ccc(Oc2ccnc3c2CC=C(OC)C(OC)=C3)cn1. The number of halogens is 1. The molecule has 0 radical (unpaired) electrons. The number of fused-ring (bicyclic) bond motifs is 1. The van der Waals surface area contributed by atoms with Crippen molar-refractivity contribution in [2.45, 2.75) is 13.3 Å². The maximum Gasteiger partial charge on any atom is 0.276 e. The summed E-state index contributed by atoms with van der Waals surface area (Å²) in [6.45, 7) is 2.04. The number of nitrogens with one attached hydrogen (secondary N) is 1. The molecular weight excluding hydrogens is 536 g/mol. The Hall–Kier alpha value is -4.90. The summed E-state index contributed by atoms with van der Waals surface area (Å²) >= 11 is 6.08. The Morgan fingerprint density at radius 3 is 2.65 bits per heavy atom. The van der Waals surface area contributed by atoms with Gasteiger partial charge in [-0.25, -0.2) is 4.98 Å². The summed E-state index contributed by atoms with van der Waals surface area (Å²) in [6, 6.07) is 6.66. The van der Waals surface area contributed by atoms with E-state index in [0.29, 0.717) is 45.8 Å². The molecule has 0 saturated heterocycles. The molecule has 4 rings (SSSR count). The summed E-state index contributed by atoms with van der Waals surface area (Å²) < 4.78 is 22.4. The van der Waals surface area contributed by atoms with E-state index in [0.717, 1.165) is 5.56 Å². The number of aromatic nitrogens is 3. The molecule has 0 unspecified atom stereocenters. The average molecular weight is 563 g/mol. The van der Waals surface area contributed by atoms with E-state index in [1.807, 2.05) is 6.08 Å². The van der Waals surface area contributed by atoms with E-state index in [-0.39, 0.29) is 23.9 Å². The number of anilines is 1. The number of hydrogen-bond donors (Lipinski definition) is 2. The topological polar surface area (TPSA) is 143 Å². The Balaban J connectivity index is 1.48. The van der Waals surface area contributed by atoms with Crippen molar-refractivity contribution in [1.29, 1.82) is 0 Å². The van der Waals surface area contributed by atoms with Crippen LogP contribution in [0.5, 0.6) is 11.5 Å². The van der Waals surface area contributed by atoms with Crippen LogP contribution >= 0.6 is 11.6 Å². The summed E-state index contributed by atoms with van der Waals surface area (Å²) in [5, 5.41) is 2.99. The maximum absolute atomic E-state index is 12.8. The number of ether oxygens (including phenoxy) is 4. The van der Waals surface area contributed by atoms with Gasteiger partial charge in [-0.2, -0.15) is 0 Å². The predicted molar refractivity (Wildman–Crippen MR) is 151 cm³/mol. The number of amides is 1. The van der Waals surface area contributed by atoms with Gasteiger partial charge >= 0.3 is 0 Å². The summed E-state index contributed by atoms with van der Waals surface area (Å²) in [5.74, 6) is 1.98. The Kier molecular flexibility index (Phi) is 9.31. The zero-order valence-corrected chi connectivity index (χ0v) is 22.8. The van der Waals surface area contributed by atoms with E-state index in [9.17, 15) is 4.79 Å². The van der Waals surface area contributed by atoms with E-state index in [1.54, 1.807) is 63.9 Å². The Labute approximate surface area is 236 Å². The third-order valence-electron chi connectivity index (χ3n) is 5.58. The van der Waals surface area contributed by atoms with E-state index < -0.39 is 5.91 Å². The molecule has 206 valence electrons. The van der Waals surface area contributed by atoms with Gasteiger partial charge in [0.1, 0.15) is 23.0 Å². The average Bonchev–Trinajstić information content (AvgIpc) is 3.16. The second kappa shape index (κ2) is 13.3. The standard InChI is InChI=1S/C28H27ClN6O5/c1-4-39-25(16-33-20-9-11-31-15-19(20)29)27(30)28(36)35-26-8-5-17(14-34-26)40-22-10-12-32-21-13-24(38-3)23(37-2)7-6-18(21)22/h5,7-16H,4,6,30H2,1-3H3,(H,34,35,36). The molecule has 3 heterocycles. The Morgan fingerprint density at radius 1 is 1.12 bits per heavy atom.